The zero-order valence-electron chi connectivity index (χ0n) is 8.59. The predicted molar refractivity (Wildman–Crippen MR) is 63.0 cm³/mol. The average molecular weight is 236 g/mol. The topological polar surface area (TPSA) is 29.1 Å². The molecule has 1 saturated heterocycles. The van der Waals surface area contributed by atoms with Crippen LogP contribution in [0.4, 0.5) is 0 Å². The Kier molecular flexibility index (Phi) is 5.71. The van der Waals surface area contributed by atoms with Crippen LogP contribution in [0.3, 0.4) is 0 Å². The molecule has 2 nitrogen and oxygen atoms in total. The van der Waals surface area contributed by atoms with Crippen LogP contribution >= 0.6 is 23.4 Å². The molecule has 1 fully saturated rings. The lowest BCUT2D eigenvalue weighted by molar-refractivity contribution is -0.121. The maximum atomic E-state index is 11.7. The Hall–Kier alpha value is 0.110. The second-order valence-corrected chi connectivity index (χ2v) is 5.43. The van der Waals surface area contributed by atoms with Gasteiger partial charge in [0.15, 0.2) is 0 Å². The Morgan fingerprint density at radius 1 is 1.64 bits per heavy atom. The molecule has 14 heavy (non-hydrogen) atoms. The summed E-state index contributed by atoms with van der Waals surface area (Å²) in [6, 6.07) is 0.211. The zero-order valence-corrected chi connectivity index (χ0v) is 10.2. The van der Waals surface area contributed by atoms with E-state index in [2.05, 4.69) is 5.32 Å². The average Bonchev–Trinajstić information content (AvgIpc) is 2.19. The molecule has 1 N–H and O–H groups in total. The number of carbonyl (C=O) groups excluding carboxylic acids is 1. The minimum absolute atomic E-state index is 0.182. The van der Waals surface area contributed by atoms with Crippen molar-refractivity contribution in [3.05, 3.63) is 0 Å². The van der Waals surface area contributed by atoms with E-state index < -0.39 is 0 Å². The molecule has 0 saturated carbocycles. The predicted octanol–water partition coefficient (Wildman–Crippen LogP) is 2.41. The van der Waals surface area contributed by atoms with Gasteiger partial charge in [-0.15, -0.1) is 23.4 Å². The van der Waals surface area contributed by atoms with Gasteiger partial charge in [-0.25, -0.2) is 0 Å². The zero-order chi connectivity index (χ0) is 10.4. The maximum absolute atomic E-state index is 11.7. The van der Waals surface area contributed by atoms with Crippen molar-refractivity contribution in [1.29, 1.82) is 0 Å². The quantitative estimate of drug-likeness (QED) is 0.759. The van der Waals surface area contributed by atoms with Gasteiger partial charge < -0.3 is 5.32 Å². The van der Waals surface area contributed by atoms with Crippen LogP contribution in [-0.2, 0) is 4.79 Å². The van der Waals surface area contributed by atoms with Crippen LogP contribution in [0.25, 0.3) is 0 Å². The summed E-state index contributed by atoms with van der Waals surface area (Å²) < 4.78 is 0. The van der Waals surface area contributed by atoms with Crippen molar-refractivity contribution in [3.63, 3.8) is 0 Å². The fraction of sp³-hybridized carbons (Fsp3) is 0.900. The van der Waals surface area contributed by atoms with E-state index >= 15 is 0 Å². The van der Waals surface area contributed by atoms with E-state index in [0.29, 0.717) is 5.88 Å². The highest BCUT2D eigenvalue weighted by Crippen LogP contribution is 2.25. The first-order valence-corrected chi connectivity index (χ1v) is 6.80. The summed E-state index contributed by atoms with van der Waals surface area (Å²) in [7, 11) is 0. The van der Waals surface area contributed by atoms with Crippen LogP contribution in [0.2, 0.25) is 0 Å². The van der Waals surface area contributed by atoms with E-state index in [1.165, 1.54) is 12.8 Å². The summed E-state index contributed by atoms with van der Waals surface area (Å²) in [5.74, 6) is 1.94. The highest BCUT2D eigenvalue weighted by molar-refractivity contribution is 8.00. The molecular weight excluding hydrogens is 218 g/mol. The van der Waals surface area contributed by atoms with Crippen LogP contribution in [-0.4, -0.2) is 28.8 Å². The minimum atomic E-state index is 0.182. The highest BCUT2D eigenvalue weighted by Gasteiger charge is 2.22. The van der Waals surface area contributed by atoms with Crippen molar-refractivity contribution >= 4 is 29.3 Å². The molecule has 0 bridgehead atoms. The van der Waals surface area contributed by atoms with Gasteiger partial charge in [-0.1, -0.05) is 6.42 Å². The molecule has 4 heteroatoms. The molecule has 0 aromatic carbocycles. The van der Waals surface area contributed by atoms with Crippen molar-refractivity contribution in [3.8, 4) is 0 Å². The van der Waals surface area contributed by atoms with Crippen molar-refractivity contribution in [2.75, 3.05) is 11.6 Å². The van der Waals surface area contributed by atoms with E-state index in [4.69, 9.17) is 11.6 Å². The number of alkyl halides is 1. The number of hydrogen-bond acceptors (Lipinski definition) is 2. The molecule has 2 unspecified atom stereocenters. The lowest BCUT2D eigenvalue weighted by Crippen LogP contribution is -2.39. The standard InChI is InChI=1S/C10H18ClNOS/c1-8(5-6-11)12-10(13)9-4-2-3-7-14-9/h8-9H,2-7H2,1H3,(H,12,13). The molecule has 1 rings (SSSR count). The van der Waals surface area contributed by atoms with E-state index in [0.717, 1.165) is 18.6 Å². The van der Waals surface area contributed by atoms with Crippen LogP contribution in [0.5, 0.6) is 0 Å². The van der Waals surface area contributed by atoms with E-state index in [1.807, 2.05) is 6.92 Å². The first-order chi connectivity index (χ1) is 6.74. The van der Waals surface area contributed by atoms with Gasteiger partial charge in [0.05, 0.1) is 5.25 Å². The van der Waals surface area contributed by atoms with Crippen LogP contribution in [0.15, 0.2) is 0 Å². The second kappa shape index (κ2) is 6.57. The third-order valence-corrected chi connectivity index (χ3v) is 4.00. The first-order valence-electron chi connectivity index (χ1n) is 5.22. The Morgan fingerprint density at radius 2 is 2.43 bits per heavy atom. The van der Waals surface area contributed by atoms with Gasteiger partial charge in [-0.05, 0) is 31.9 Å². The molecule has 1 aliphatic rings. The first kappa shape index (κ1) is 12.2. The molecule has 1 aliphatic heterocycles. The molecular formula is C10H18ClNOS. The van der Waals surface area contributed by atoms with Gasteiger partial charge in [-0.2, -0.15) is 0 Å². The molecule has 0 spiro atoms. The van der Waals surface area contributed by atoms with Crippen molar-refractivity contribution in [2.24, 2.45) is 0 Å². The fourth-order valence-corrected chi connectivity index (χ4v) is 3.05. The number of amides is 1. The fourth-order valence-electron chi connectivity index (χ4n) is 1.52. The van der Waals surface area contributed by atoms with Crippen molar-refractivity contribution in [1.82, 2.24) is 5.32 Å². The number of rotatable bonds is 4. The summed E-state index contributed by atoms with van der Waals surface area (Å²) in [6.07, 6.45) is 4.33. The van der Waals surface area contributed by atoms with E-state index in [9.17, 15) is 4.79 Å². The molecule has 0 aromatic rings. The third kappa shape index (κ3) is 4.09. The molecule has 0 aliphatic carbocycles. The molecule has 82 valence electrons. The number of halogens is 1. The number of carbonyl (C=O) groups is 1. The van der Waals surface area contributed by atoms with Crippen LogP contribution in [0, 0.1) is 0 Å². The minimum Gasteiger partial charge on any atom is -0.353 e. The van der Waals surface area contributed by atoms with Gasteiger partial charge in [-0.3, -0.25) is 4.79 Å². The monoisotopic (exact) mass is 235 g/mol. The van der Waals surface area contributed by atoms with Gasteiger partial charge in [0.2, 0.25) is 5.91 Å². The summed E-state index contributed by atoms with van der Waals surface area (Å²) in [4.78, 5) is 11.7. The van der Waals surface area contributed by atoms with Gasteiger partial charge in [0.25, 0.3) is 0 Å². The Morgan fingerprint density at radius 3 is 3.00 bits per heavy atom. The molecule has 1 amide bonds. The maximum Gasteiger partial charge on any atom is 0.233 e. The number of hydrogen-bond donors (Lipinski definition) is 1. The summed E-state index contributed by atoms with van der Waals surface area (Å²) in [5.41, 5.74) is 0. The molecule has 0 radical (unpaired) electrons. The number of thioether (sulfide) groups is 1. The van der Waals surface area contributed by atoms with Crippen LogP contribution in [0.1, 0.15) is 32.6 Å². The van der Waals surface area contributed by atoms with E-state index in [1.54, 1.807) is 11.8 Å². The van der Waals surface area contributed by atoms with Gasteiger partial charge in [0, 0.05) is 11.9 Å². The normalized spacial score (nSPS) is 24.3. The number of nitrogens with one attached hydrogen (secondary N) is 1. The summed E-state index contributed by atoms with van der Waals surface area (Å²) >= 11 is 7.40. The third-order valence-electron chi connectivity index (χ3n) is 2.40. The van der Waals surface area contributed by atoms with Gasteiger partial charge in [0.1, 0.15) is 0 Å². The lowest BCUT2D eigenvalue weighted by Gasteiger charge is -2.22. The highest BCUT2D eigenvalue weighted by atomic mass is 35.5. The molecule has 2 atom stereocenters. The van der Waals surface area contributed by atoms with Gasteiger partial charge >= 0.3 is 0 Å². The second-order valence-electron chi connectivity index (χ2n) is 3.74. The summed E-state index contributed by atoms with van der Waals surface area (Å²) in [5, 5.41) is 3.19. The van der Waals surface area contributed by atoms with Crippen molar-refractivity contribution in [2.45, 2.75) is 43.9 Å². The van der Waals surface area contributed by atoms with Crippen molar-refractivity contribution < 1.29 is 4.79 Å². The molecule has 0 aromatic heterocycles. The lowest BCUT2D eigenvalue weighted by atomic mass is 10.1. The molecule has 1 heterocycles. The Bertz CT molecular complexity index is 183. The Balaban J connectivity index is 2.25. The summed E-state index contributed by atoms with van der Waals surface area (Å²) in [6.45, 7) is 2.01. The smallest absolute Gasteiger partial charge is 0.233 e. The van der Waals surface area contributed by atoms with E-state index in [-0.39, 0.29) is 17.2 Å². The Labute approximate surface area is 95.2 Å². The largest absolute Gasteiger partial charge is 0.353 e. The SMILES string of the molecule is CC(CCCl)NC(=O)C1CCCCS1. The van der Waals surface area contributed by atoms with Crippen LogP contribution < -0.4 is 5.32 Å².